The molecule has 1 aliphatic rings. The molecule has 1 heterocycles. The second-order valence-electron chi connectivity index (χ2n) is 6.01. The molecule has 0 bridgehead atoms. The van der Waals surface area contributed by atoms with Crippen LogP contribution in [0.4, 0.5) is 0 Å². The molecule has 0 aromatic heterocycles. The number of ether oxygens (including phenoxy) is 2. The van der Waals surface area contributed by atoms with Crippen LogP contribution in [0.2, 0.25) is 5.02 Å². The molecule has 1 aliphatic heterocycles. The van der Waals surface area contributed by atoms with Crippen LogP contribution >= 0.6 is 11.6 Å². The van der Waals surface area contributed by atoms with Crippen molar-refractivity contribution in [1.29, 1.82) is 0 Å². The van der Waals surface area contributed by atoms with Gasteiger partial charge in [0.05, 0.1) is 22.1 Å². The van der Waals surface area contributed by atoms with E-state index in [0.29, 0.717) is 0 Å². The number of carbonyl (C=O) groups excluding carboxylic acids is 3. The molecular weight excluding hydrogens is 400 g/mol. The lowest BCUT2D eigenvalue weighted by atomic mass is 10.2. The van der Waals surface area contributed by atoms with Gasteiger partial charge in [0, 0.05) is 20.5 Å². The molecule has 1 fully saturated rings. The molecule has 27 heavy (non-hydrogen) atoms. The first kappa shape index (κ1) is 21.1. The number of nitrogens with zero attached hydrogens (tertiary/aromatic N) is 1. The highest BCUT2D eigenvalue weighted by Crippen LogP contribution is 2.22. The lowest BCUT2D eigenvalue weighted by Crippen LogP contribution is -2.41. The van der Waals surface area contributed by atoms with Gasteiger partial charge in [0.15, 0.2) is 0 Å². The molecule has 0 saturated carbocycles. The number of carbonyl (C=O) groups is 3. The average molecular weight is 419 g/mol. The van der Waals surface area contributed by atoms with Gasteiger partial charge in [-0.2, -0.15) is 0 Å². The van der Waals surface area contributed by atoms with Gasteiger partial charge in [0.2, 0.25) is 16.1 Å². The summed E-state index contributed by atoms with van der Waals surface area (Å²) in [4.78, 5) is 35.7. The zero-order chi connectivity index (χ0) is 20.4. The Hall–Kier alpha value is -2.17. The summed E-state index contributed by atoms with van der Waals surface area (Å²) in [5, 5.41) is 2.39. The number of hydrogen-bond donors (Lipinski definition) is 1. The Labute approximate surface area is 161 Å². The molecule has 148 valence electrons. The second kappa shape index (κ2) is 8.24. The van der Waals surface area contributed by atoms with Crippen molar-refractivity contribution >= 4 is 39.5 Å². The van der Waals surface area contributed by atoms with Gasteiger partial charge in [-0.3, -0.25) is 4.79 Å². The van der Waals surface area contributed by atoms with E-state index in [9.17, 15) is 22.8 Å². The van der Waals surface area contributed by atoms with Gasteiger partial charge in [-0.05, 0) is 25.1 Å². The van der Waals surface area contributed by atoms with E-state index < -0.39 is 40.0 Å². The standard InChI is InChI=1S/C16H19ClN2O7S/c1-9(15(21)26-13-6-7-25-16(13)22)18-14(20)11-8-10(4-5-12(11)17)27(23,24)19(2)3/h4-5,8-9,13H,6-7H2,1-3H3,(H,18,20)/t9-,13-/m0/s1. The summed E-state index contributed by atoms with van der Waals surface area (Å²) < 4.78 is 35.1. The number of sulfonamides is 1. The van der Waals surface area contributed by atoms with Crippen molar-refractivity contribution in [2.75, 3.05) is 20.7 Å². The number of hydrogen-bond acceptors (Lipinski definition) is 7. The van der Waals surface area contributed by atoms with Crippen LogP contribution in [0.3, 0.4) is 0 Å². The van der Waals surface area contributed by atoms with Crippen molar-refractivity contribution < 1.29 is 32.3 Å². The highest BCUT2D eigenvalue weighted by atomic mass is 35.5. The SMILES string of the molecule is C[C@H](NC(=O)c1cc(S(=O)(=O)N(C)C)ccc1Cl)C(=O)O[C@H]1CCOC1=O. The number of nitrogens with one attached hydrogen (secondary N) is 1. The third-order valence-corrected chi connectivity index (χ3v) is 5.95. The molecule has 0 aliphatic carbocycles. The van der Waals surface area contributed by atoms with Crippen LogP contribution in [0.15, 0.2) is 23.1 Å². The Morgan fingerprint density at radius 1 is 1.37 bits per heavy atom. The minimum absolute atomic E-state index is 0.0187. The van der Waals surface area contributed by atoms with Crippen LogP contribution in [0, 0.1) is 0 Å². The number of esters is 2. The molecule has 2 rings (SSSR count). The Balaban J connectivity index is 2.13. The number of amides is 1. The summed E-state index contributed by atoms with van der Waals surface area (Å²) in [6.45, 7) is 1.54. The van der Waals surface area contributed by atoms with E-state index in [2.05, 4.69) is 5.32 Å². The lowest BCUT2D eigenvalue weighted by molar-refractivity contribution is -0.161. The quantitative estimate of drug-likeness (QED) is 0.670. The first-order chi connectivity index (χ1) is 12.5. The molecule has 0 unspecified atom stereocenters. The maximum Gasteiger partial charge on any atom is 0.347 e. The predicted molar refractivity (Wildman–Crippen MR) is 94.7 cm³/mol. The van der Waals surface area contributed by atoms with Crippen molar-refractivity contribution in [3.8, 4) is 0 Å². The maximum absolute atomic E-state index is 12.4. The number of halogens is 1. The zero-order valence-corrected chi connectivity index (χ0v) is 16.5. The van der Waals surface area contributed by atoms with E-state index in [4.69, 9.17) is 21.1 Å². The maximum atomic E-state index is 12.4. The van der Waals surface area contributed by atoms with Crippen LogP contribution in [0.1, 0.15) is 23.7 Å². The van der Waals surface area contributed by atoms with E-state index in [-0.39, 0.29) is 28.5 Å². The molecule has 1 amide bonds. The Morgan fingerprint density at radius 3 is 2.59 bits per heavy atom. The van der Waals surface area contributed by atoms with Crippen LogP contribution < -0.4 is 5.32 Å². The molecule has 1 saturated heterocycles. The second-order valence-corrected chi connectivity index (χ2v) is 8.56. The number of cyclic esters (lactones) is 1. The van der Waals surface area contributed by atoms with E-state index >= 15 is 0 Å². The van der Waals surface area contributed by atoms with Gasteiger partial charge in [0.1, 0.15) is 6.04 Å². The fraction of sp³-hybridized carbons (Fsp3) is 0.438. The topological polar surface area (TPSA) is 119 Å². The molecule has 1 aromatic rings. The average Bonchev–Trinajstić information content (AvgIpc) is 2.99. The van der Waals surface area contributed by atoms with E-state index in [1.807, 2.05) is 0 Å². The molecule has 11 heteroatoms. The van der Waals surface area contributed by atoms with Crippen molar-refractivity contribution in [2.45, 2.75) is 30.4 Å². The molecule has 9 nitrogen and oxygen atoms in total. The fourth-order valence-corrected chi connectivity index (χ4v) is 3.34. The third-order valence-electron chi connectivity index (χ3n) is 3.81. The molecule has 1 aromatic carbocycles. The van der Waals surface area contributed by atoms with Crippen LogP contribution in [-0.4, -0.2) is 63.4 Å². The predicted octanol–water partition coefficient (Wildman–Crippen LogP) is 0.567. The summed E-state index contributed by atoms with van der Waals surface area (Å²) in [5.41, 5.74) is -0.112. The van der Waals surface area contributed by atoms with Gasteiger partial charge in [0.25, 0.3) is 5.91 Å². The number of benzene rings is 1. The molecular formula is C16H19ClN2O7S. The highest BCUT2D eigenvalue weighted by Gasteiger charge is 2.32. The monoisotopic (exact) mass is 418 g/mol. The largest absolute Gasteiger partial charge is 0.463 e. The summed E-state index contributed by atoms with van der Waals surface area (Å²) in [7, 11) is -1.05. The lowest BCUT2D eigenvalue weighted by Gasteiger charge is -2.16. The van der Waals surface area contributed by atoms with Gasteiger partial charge in [-0.25, -0.2) is 22.3 Å². The normalized spacial score (nSPS) is 18.1. The minimum Gasteiger partial charge on any atom is -0.463 e. The van der Waals surface area contributed by atoms with E-state index in [1.165, 1.54) is 33.2 Å². The van der Waals surface area contributed by atoms with Gasteiger partial charge in [-0.15, -0.1) is 0 Å². The minimum atomic E-state index is -3.76. The van der Waals surface area contributed by atoms with Gasteiger partial charge < -0.3 is 14.8 Å². The fourth-order valence-electron chi connectivity index (χ4n) is 2.21. The van der Waals surface area contributed by atoms with Crippen molar-refractivity contribution in [3.05, 3.63) is 28.8 Å². The zero-order valence-electron chi connectivity index (χ0n) is 14.9. The highest BCUT2D eigenvalue weighted by molar-refractivity contribution is 7.89. The summed E-state index contributed by atoms with van der Waals surface area (Å²) in [6, 6.07) is 2.60. The van der Waals surface area contributed by atoms with E-state index in [1.54, 1.807) is 0 Å². The first-order valence-corrected chi connectivity index (χ1v) is 9.76. The third kappa shape index (κ3) is 4.76. The molecule has 2 atom stereocenters. The summed E-state index contributed by atoms with van der Waals surface area (Å²) in [6.07, 6.45) is -0.740. The smallest absolute Gasteiger partial charge is 0.347 e. The molecule has 0 spiro atoms. The Morgan fingerprint density at radius 2 is 2.04 bits per heavy atom. The first-order valence-electron chi connectivity index (χ1n) is 7.94. The van der Waals surface area contributed by atoms with Crippen molar-refractivity contribution in [2.24, 2.45) is 0 Å². The summed E-state index contributed by atoms with van der Waals surface area (Å²) >= 11 is 5.99. The van der Waals surface area contributed by atoms with Crippen molar-refractivity contribution in [1.82, 2.24) is 9.62 Å². The van der Waals surface area contributed by atoms with Crippen molar-refractivity contribution in [3.63, 3.8) is 0 Å². The van der Waals surface area contributed by atoms with Gasteiger partial charge in [-0.1, -0.05) is 11.6 Å². The molecule has 1 N–H and O–H groups in total. The van der Waals surface area contributed by atoms with Crippen LogP contribution in [0.5, 0.6) is 0 Å². The van der Waals surface area contributed by atoms with E-state index in [0.717, 1.165) is 10.4 Å². The Kier molecular flexibility index (Phi) is 6.45. The summed E-state index contributed by atoms with van der Waals surface area (Å²) in [5.74, 6) is -2.21. The molecule has 0 radical (unpaired) electrons. The van der Waals surface area contributed by atoms with Crippen LogP contribution in [0.25, 0.3) is 0 Å². The van der Waals surface area contributed by atoms with Gasteiger partial charge >= 0.3 is 11.9 Å². The Bertz CT molecular complexity index is 870. The number of rotatable bonds is 6. The van der Waals surface area contributed by atoms with Crippen LogP contribution in [-0.2, 0) is 29.1 Å².